The molecular formula is C19H24FN3O4. The topological polar surface area (TPSA) is 104 Å². The van der Waals surface area contributed by atoms with E-state index in [4.69, 9.17) is 0 Å². The van der Waals surface area contributed by atoms with Gasteiger partial charge in [-0.25, -0.2) is 9.37 Å². The minimum Gasteiger partial charge on any atom is -0.480 e. The lowest BCUT2D eigenvalue weighted by molar-refractivity contribution is -0.142. The number of aromatic nitrogens is 2. The molecule has 0 fully saturated rings. The van der Waals surface area contributed by atoms with Gasteiger partial charge in [-0.1, -0.05) is 26.0 Å². The number of hydrogen-bond acceptors (Lipinski definition) is 4. The monoisotopic (exact) mass is 377 g/mol. The first-order valence-corrected chi connectivity index (χ1v) is 8.71. The maximum atomic E-state index is 13.4. The molecule has 7 nitrogen and oxygen atoms in total. The van der Waals surface area contributed by atoms with Gasteiger partial charge in [0.1, 0.15) is 17.9 Å². The summed E-state index contributed by atoms with van der Waals surface area (Å²) in [5, 5.41) is 21.6. The largest absolute Gasteiger partial charge is 0.480 e. The van der Waals surface area contributed by atoms with E-state index in [2.05, 4.69) is 10.3 Å². The zero-order chi connectivity index (χ0) is 20.0. The van der Waals surface area contributed by atoms with Gasteiger partial charge in [-0.05, 0) is 30.0 Å². The molecule has 1 heterocycles. The van der Waals surface area contributed by atoms with E-state index in [0.717, 1.165) is 5.56 Å². The number of carbonyl (C=O) groups is 2. The minimum absolute atomic E-state index is 0.0620. The lowest BCUT2D eigenvalue weighted by Crippen LogP contribution is -2.49. The maximum Gasteiger partial charge on any atom is 0.321 e. The third-order valence-electron chi connectivity index (χ3n) is 4.16. The van der Waals surface area contributed by atoms with Gasteiger partial charge >= 0.3 is 11.9 Å². The van der Waals surface area contributed by atoms with Gasteiger partial charge < -0.3 is 14.8 Å². The number of nitrogens with one attached hydrogen (secondary N) is 1. The summed E-state index contributed by atoms with van der Waals surface area (Å²) in [6.45, 7) is 4.09. The van der Waals surface area contributed by atoms with Crippen LogP contribution in [-0.4, -0.2) is 43.8 Å². The molecule has 3 N–H and O–H groups in total. The normalized spacial score (nSPS) is 13.5. The first-order chi connectivity index (χ1) is 12.8. The molecule has 8 heteroatoms. The van der Waals surface area contributed by atoms with Gasteiger partial charge in [-0.3, -0.25) is 14.9 Å². The van der Waals surface area contributed by atoms with Crippen molar-refractivity contribution >= 4 is 11.9 Å². The molecule has 0 aliphatic carbocycles. The van der Waals surface area contributed by atoms with Crippen LogP contribution in [0.15, 0.2) is 36.8 Å². The quantitative estimate of drug-likeness (QED) is 0.586. The molecule has 146 valence electrons. The van der Waals surface area contributed by atoms with Crippen molar-refractivity contribution in [2.45, 2.75) is 45.3 Å². The first kappa shape index (κ1) is 20.6. The highest BCUT2D eigenvalue weighted by atomic mass is 19.1. The van der Waals surface area contributed by atoms with Crippen molar-refractivity contribution in [3.05, 3.63) is 53.9 Å². The van der Waals surface area contributed by atoms with Crippen LogP contribution in [0.25, 0.3) is 0 Å². The summed E-state index contributed by atoms with van der Waals surface area (Å²) in [5.41, 5.74) is 1.34. The van der Waals surface area contributed by atoms with Crippen molar-refractivity contribution in [1.82, 2.24) is 14.9 Å². The second-order valence-corrected chi connectivity index (χ2v) is 6.92. The molecule has 1 aromatic carbocycles. The number of carboxylic acid groups (broad SMARTS) is 2. The molecule has 2 aromatic rings. The Labute approximate surface area is 156 Å². The molecule has 0 spiro atoms. The summed E-state index contributed by atoms with van der Waals surface area (Å²) in [6, 6.07) is 4.09. The molecule has 0 amide bonds. The second kappa shape index (κ2) is 9.27. The maximum absolute atomic E-state index is 13.4. The lowest BCUT2D eigenvalue weighted by atomic mass is 10.0. The Bertz CT molecular complexity index is 791. The van der Waals surface area contributed by atoms with Crippen LogP contribution in [-0.2, 0) is 22.6 Å². The lowest BCUT2D eigenvalue weighted by Gasteiger charge is -2.22. The number of imidazole rings is 1. The smallest absolute Gasteiger partial charge is 0.321 e. The van der Waals surface area contributed by atoms with Crippen LogP contribution < -0.4 is 5.32 Å². The van der Waals surface area contributed by atoms with E-state index >= 15 is 0 Å². The number of halogens is 1. The van der Waals surface area contributed by atoms with Gasteiger partial charge in [-0.2, -0.15) is 0 Å². The standard InChI is InChI=1S/C19H24FN3O4/c1-12(2)6-16(18(24)25)22-17(19(26)27)8-15-9-21-11-23(15)10-13-4-3-5-14(20)7-13/h3-5,7,9,11-12,16-17,22H,6,8,10H2,1-2H3,(H,24,25)(H,26,27)/t16?,17-/m0/s1. The molecule has 0 aliphatic heterocycles. The average molecular weight is 377 g/mol. The molecule has 0 radical (unpaired) electrons. The highest BCUT2D eigenvalue weighted by Crippen LogP contribution is 2.12. The summed E-state index contributed by atoms with van der Waals surface area (Å²) in [5.74, 6) is -2.46. The van der Waals surface area contributed by atoms with Crippen LogP contribution >= 0.6 is 0 Å². The predicted molar refractivity (Wildman–Crippen MR) is 96.9 cm³/mol. The van der Waals surface area contributed by atoms with Crippen molar-refractivity contribution in [3.63, 3.8) is 0 Å². The number of benzene rings is 1. The zero-order valence-corrected chi connectivity index (χ0v) is 15.3. The number of rotatable bonds is 10. The predicted octanol–water partition coefficient (Wildman–Crippen LogP) is 2.16. The molecule has 1 aromatic heterocycles. The summed E-state index contributed by atoms with van der Waals surface area (Å²) >= 11 is 0. The summed E-state index contributed by atoms with van der Waals surface area (Å²) in [6.07, 6.45) is 3.46. The number of hydrogen-bond donors (Lipinski definition) is 3. The van der Waals surface area contributed by atoms with E-state index in [1.165, 1.54) is 18.3 Å². The SMILES string of the molecule is CC(C)CC(N[C@@H](Cc1cncn1Cc1cccc(F)c1)C(=O)O)C(=O)O. The van der Waals surface area contributed by atoms with Crippen LogP contribution in [0, 0.1) is 11.7 Å². The van der Waals surface area contributed by atoms with E-state index in [9.17, 15) is 24.2 Å². The van der Waals surface area contributed by atoms with Gasteiger partial charge in [-0.15, -0.1) is 0 Å². The first-order valence-electron chi connectivity index (χ1n) is 8.71. The Morgan fingerprint density at radius 1 is 1.22 bits per heavy atom. The van der Waals surface area contributed by atoms with Crippen LogP contribution in [0.5, 0.6) is 0 Å². The van der Waals surface area contributed by atoms with E-state index in [0.29, 0.717) is 18.7 Å². The third-order valence-corrected chi connectivity index (χ3v) is 4.16. The Morgan fingerprint density at radius 2 is 1.93 bits per heavy atom. The Hall–Kier alpha value is -2.74. The fourth-order valence-electron chi connectivity index (χ4n) is 2.87. The Kier molecular flexibility index (Phi) is 7.06. The molecule has 2 rings (SSSR count). The van der Waals surface area contributed by atoms with Crippen molar-refractivity contribution < 1.29 is 24.2 Å². The molecule has 2 atom stereocenters. The molecular weight excluding hydrogens is 353 g/mol. The van der Waals surface area contributed by atoms with E-state index in [1.54, 1.807) is 23.0 Å². The second-order valence-electron chi connectivity index (χ2n) is 6.92. The summed E-state index contributed by atoms with van der Waals surface area (Å²) in [4.78, 5) is 27.1. The van der Waals surface area contributed by atoms with E-state index in [1.807, 2.05) is 13.8 Å². The van der Waals surface area contributed by atoms with Crippen LogP contribution in [0.4, 0.5) is 4.39 Å². The molecule has 0 saturated carbocycles. The van der Waals surface area contributed by atoms with Gasteiger partial charge in [0.2, 0.25) is 0 Å². The van der Waals surface area contributed by atoms with Crippen molar-refractivity contribution in [1.29, 1.82) is 0 Å². The fourth-order valence-corrected chi connectivity index (χ4v) is 2.87. The molecule has 0 aliphatic rings. The number of nitrogens with zero attached hydrogens (tertiary/aromatic N) is 2. The van der Waals surface area contributed by atoms with E-state index in [-0.39, 0.29) is 18.2 Å². The molecule has 27 heavy (non-hydrogen) atoms. The van der Waals surface area contributed by atoms with E-state index < -0.39 is 24.0 Å². The third kappa shape index (κ3) is 6.18. The van der Waals surface area contributed by atoms with Crippen molar-refractivity contribution in [2.75, 3.05) is 0 Å². The summed E-state index contributed by atoms with van der Waals surface area (Å²) in [7, 11) is 0. The highest BCUT2D eigenvalue weighted by molar-refractivity contribution is 5.77. The van der Waals surface area contributed by atoms with Gasteiger partial charge in [0.15, 0.2) is 0 Å². The van der Waals surface area contributed by atoms with Crippen LogP contribution in [0.1, 0.15) is 31.5 Å². The number of aliphatic carboxylic acids is 2. The highest BCUT2D eigenvalue weighted by Gasteiger charge is 2.27. The van der Waals surface area contributed by atoms with Crippen molar-refractivity contribution in [2.24, 2.45) is 5.92 Å². The molecule has 0 bridgehead atoms. The molecule has 1 unspecified atom stereocenters. The average Bonchev–Trinajstić information content (AvgIpc) is 2.99. The van der Waals surface area contributed by atoms with Crippen LogP contribution in [0.2, 0.25) is 0 Å². The van der Waals surface area contributed by atoms with Gasteiger partial charge in [0, 0.05) is 24.9 Å². The summed E-state index contributed by atoms with van der Waals surface area (Å²) < 4.78 is 15.1. The van der Waals surface area contributed by atoms with Gasteiger partial charge in [0.05, 0.1) is 6.33 Å². The number of carboxylic acids is 2. The van der Waals surface area contributed by atoms with Crippen LogP contribution in [0.3, 0.4) is 0 Å². The van der Waals surface area contributed by atoms with Gasteiger partial charge in [0.25, 0.3) is 0 Å². The Balaban J connectivity index is 2.14. The van der Waals surface area contributed by atoms with Crippen molar-refractivity contribution in [3.8, 4) is 0 Å². The zero-order valence-electron chi connectivity index (χ0n) is 15.3. The molecule has 0 saturated heterocycles. The minimum atomic E-state index is -1.14. The fraction of sp³-hybridized carbons (Fsp3) is 0.421. The Morgan fingerprint density at radius 3 is 2.52 bits per heavy atom.